The Kier molecular flexibility index (Phi) is 3.23. The Labute approximate surface area is 136 Å². The van der Waals surface area contributed by atoms with Crippen molar-refractivity contribution in [3.63, 3.8) is 0 Å². The molecule has 7 heteroatoms. The summed E-state index contributed by atoms with van der Waals surface area (Å²) in [5, 5.41) is 1.04. The number of hydrogen-bond donors (Lipinski definition) is 0. The van der Waals surface area contributed by atoms with E-state index in [2.05, 4.69) is 26.0 Å². The minimum atomic E-state index is 0.529. The fourth-order valence-electron chi connectivity index (χ4n) is 2.55. The van der Waals surface area contributed by atoms with Crippen LogP contribution in [0.15, 0.2) is 28.7 Å². The molecule has 23 heavy (non-hydrogen) atoms. The van der Waals surface area contributed by atoms with Gasteiger partial charge in [0.15, 0.2) is 17.2 Å². The van der Waals surface area contributed by atoms with E-state index >= 15 is 0 Å². The second-order valence-corrected chi connectivity index (χ2v) is 6.53. The van der Waals surface area contributed by atoms with Crippen molar-refractivity contribution in [2.45, 2.75) is 20.4 Å². The minimum absolute atomic E-state index is 0.529. The lowest BCUT2D eigenvalue weighted by Gasteiger charge is -2.16. The van der Waals surface area contributed by atoms with Crippen LogP contribution in [0.1, 0.15) is 16.7 Å². The van der Waals surface area contributed by atoms with Gasteiger partial charge in [0.2, 0.25) is 0 Å². The first kappa shape index (κ1) is 14.1. The zero-order valence-electron chi connectivity index (χ0n) is 13.1. The highest BCUT2D eigenvalue weighted by Crippen LogP contribution is 2.27. The number of nitrogens with zero attached hydrogens (tertiary/aromatic N) is 5. The van der Waals surface area contributed by atoms with E-state index in [1.54, 1.807) is 11.3 Å². The van der Waals surface area contributed by atoms with E-state index in [0.29, 0.717) is 29.5 Å². The molecule has 6 nitrogen and oxygen atoms in total. The number of thiazole rings is 1. The summed E-state index contributed by atoms with van der Waals surface area (Å²) in [5.41, 5.74) is 2.25. The molecule has 1 aromatic carbocycles. The van der Waals surface area contributed by atoms with Gasteiger partial charge in [-0.15, -0.1) is 11.3 Å². The highest BCUT2D eigenvalue weighted by Gasteiger charge is 2.17. The molecule has 116 valence electrons. The first-order valence-corrected chi connectivity index (χ1v) is 8.09. The Morgan fingerprint density at radius 3 is 2.74 bits per heavy atom. The van der Waals surface area contributed by atoms with Gasteiger partial charge < -0.3 is 9.32 Å². The van der Waals surface area contributed by atoms with Crippen LogP contribution >= 0.6 is 11.3 Å². The van der Waals surface area contributed by atoms with Crippen LogP contribution in [0.25, 0.3) is 21.4 Å². The summed E-state index contributed by atoms with van der Waals surface area (Å²) < 4.78 is 6.73. The Bertz CT molecular complexity index is 973. The average Bonchev–Trinajstić information content (AvgIpc) is 3.07. The third kappa shape index (κ3) is 2.53. The molecular formula is C16H15N5OS. The van der Waals surface area contributed by atoms with Crippen molar-refractivity contribution in [3.05, 3.63) is 41.0 Å². The molecule has 4 rings (SSSR count). The van der Waals surface area contributed by atoms with Gasteiger partial charge in [-0.25, -0.2) is 15.0 Å². The van der Waals surface area contributed by atoms with Crippen molar-refractivity contribution in [2.75, 3.05) is 11.9 Å². The van der Waals surface area contributed by atoms with Gasteiger partial charge in [-0.1, -0.05) is 12.1 Å². The zero-order chi connectivity index (χ0) is 16.0. The average molecular weight is 325 g/mol. The number of rotatable bonds is 3. The molecule has 3 aromatic heterocycles. The zero-order valence-corrected chi connectivity index (χ0v) is 13.9. The summed E-state index contributed by atoms with van der Waals surface area (Å²) in [5.74, 6) is 2.03. The van der Waals surface area contributed by atoms with Gasteiger partial charge >= 0.3 is 0 Å². The topological polar surface area (TPSA) is 67.9 Å². The van der Waals surface area contributed by atoms with E-state index in [-0.39, 0.29) is 0 Å². The van der Waals surface area contributed by atoms with E-state index in [1.807, 2.05) is 44.0 Å². The van der Waals surface area contributed by atoms with Crippen LogP contribution in [0, 0.1) is 13.8 Å². The highest BCUT2D eigenvalue weighted by molar-refractivity contribution is 7.18. The number of aryl methyl sites for hydroxylation is 2. The molecule has 3 heterocycles. The molecule has 0 aliphatic heterocycles. The van der Waals surface area contributed by atoms with Gasteiger partial charge in [0.05, 0.1) is 16.8 Å². The molecule has 0 saturated heterocycles. The largest absolute Gasteiger partial charge is 0.422 e. The number of hydrogen-bond acceptors (Lipinski definition) is 7. The third-order valence-corrected chi connectivity index (χ3v) is 4.55. The summed E-state index contributed by atoms with van der Waals surface area (Å²) >= 11 is 1.70. The van der Waals surface area contributed by atoms with Gasteiger partial charge in [-0.2, -0.15) is 4.98 Å². The normalized spacial score (nSPS) is 11.4. The predicted molar refractivity (Wildman–Crippen MR) is 90.8 cm³/mol. The molecule has 0 fully saturated rings. The van der Waals surface area contributed by atoms with Crippen LogP contribution in [-0.2, 0) is 6.54 Å². The van der Waals surface area contributed by atoms with Crippen LogP contribution in [0.4, 0.5) is 5.82 Å². The highest BCUT2D eigenvalue weighted by atomic mass is 32.1. The van der Waals surface area contributed by atoms with E-state index in [1.165, 1.54) is 4.70 Å². The maximum Gasteiger partial charge on any atom is 0.252 e. The van der Waals surface area contributed by atoms with Gasteiger partial charge in [0.1, 0.15) is 10.8 Å². The summed E-state index contributed by atoms with van der Waals surface area (Å²) in [6.45, 7) is 4.33. The molecule has 0 spiro atoms. The van der Waals surface area contributed by atoms with E-state index in [4.69, 9.17) is 4.42 Å². The molecule has 0 atom stereocenters. The van der Waals surface area contributed by atoms with E-state index in [0.717, 1.165) is 16.3 Å². The Balaban J connectivity index is 1.72. The molecule has 4 aromatic rings. The van der Waals surface area contributed by atoms with Crippen molar-refractivity contribution in [3.8, 4) is 0 Å². The first-order chi connectivity index (χ1) is 11.1. The fourth-order valence-corrected chi connectivity index (χ4v) is 3.57. The quantitative estimate of drug-likeness (QED) is 0.574. The van der Waals surface area contributed by atoms with E-state index < -0.39 is 0 Å². The Hall–Kier alpha value is -2.54. The van der Waals surface area contributed by atoms with Crippen molar-refractivity contribution in [1.82, 2.24) is 19.9 Å². The lowest BCUT2D eigenvalue weighted by Crippen LogP contribution is -2.18. The summed E-state index contributed by atoms with van der Waals surface area (Å²) in [4.78, 5) is 20.0. The predicted octanol–water partition coefficient (Wildman–Crippen LogP) is 3.48. The Morgan fingerprint density at radius 2 is 1.91 bits per heavy atom. The molecule has 0 unspecified atom stereocenters. The molecule has 0 radical (unpaired) electrons. The maximum absolute atomic E-state index is 5.54. The van der Waals surface area contributed by atoms with Crippen molar-refractivity contribution < 1.29 is 4.42 Å². The van der Waals surface area contributed by atoms with Gasteiger partial charge in [-0.3, -0.25) is 0 Å². The number of oxazole rings is 1. The van der Waals surface area contributed by atoms with E-state index in [9.17, 15) is 0 Å². The molecule has 0 aliphatic rings. The fraction of sp³-hybridized carbons (Fsp3) is 0.250. The smallest absolute Gasteiger partial charge is 0.252 e. The van der Waals surface area contributed by atoms with Crippen LogP contribution in [0.3, 0.4) is 0 Å². The number of benzene rings is 1. The van der Waals surface area contributed by atoms with Crippen LogP contribution < -0.4 is 4.90 Å². The molecule has 0 amide bonds. The van der Waals surface area contributed by atoms with Crippen LogP contribution in [0.5, 0.6) is 0 Å². The summed E-state index contributed by atoms with van der Waals surface area (Å²) in [6.07, 6.45) is 0. The standard InChI is InChI=1S/C16H15N5OS/c1-9-17-15(14-16(18-9)22-10(2)19-14)21(3)8-13-20-11-6-4-5-7-12(11)23-13/h4-7H,8H2,1-3H3. The maximum atomic E-state index is 5.54. The number of fused-ring (bicyclic) bond motifs is 2. The van der Waals surface area contributed by atoms with Crippen LogP contribution in [0.2, 0.25) is 0 Å². The summed E-state index contributed by atoms with van der Waals surface area (Å²) in [7, 11) is 1.98. The van der Waals surface area contributed by atoms with Crippen molar-refractivity contribution >= 4 is 38.6 Å². The Morgan fingerprint density at radius 1 is 1.09 bits per heavy atom. The minimum Gasteiger partial charge on any atom is -0.422 e. The van der Waals surface area contributed by atoms with Crippen LogP contribution in [-0.4, -0.2) is 27.0 Å². The first-order valence-electron chi connectivity index (χ1n) is 7.27. The lowest BCUT2D eigenvalue weighted by atomic mass is 10.3. The lowest BCUT2D eigenvalue weighted by molar-refractivity contribution is 0.550. The van der Waals surface area contributed by atoms with Crippen molar-refractivity contribution in [2.24, 2.45) is 0 Å². The number of anilines is 1. The molecular weight excluding hydrogens is 310 g/mol. The molecule has 0 bridgehead atoms. The second-order valence-electron chi connectivity index (χ2n) is 5.41. The number of aromatic nitrogens is 4. The third-order valence-electron chi connectivity index (χ3n) is 3.53. The molecule has 0 aliphatic carbocycles. The monoisotopic (exact) mass is 325 g/mol. The van der Waals surface area contributed by atoms with Gasteiger partial charge in [0.25, 0.3) is 5.71 Å². The van der Waals surface area contributed by atoms with Gasteiger partial charge in [-0.05, 0) is 19.1 Å². The summed E-state index contributed by atoms with van der Waals surface area (Å²) in [6, 6.07) is 8.16. The second kappa shape index (κ2) is 5.27. The molecule has 0 N–H and O–H groups in total. The van der Waals surface area contributed by atoms with Gasteiger partial charge in [0, 0.05) is 14.0 Å². The van der Waals surface area contributed by atoms with Crippen molar-refractivity contribution in [1.29, 1.82) is 0 Å². The SMILES string of the molecule is Cc1nc(N(C)Cc2nc3ccccc3s2)c2nc(C)oc2n1. The number of para-hydroxylation sites is 1. The molecule has 0 saturated carbocycles.